The van der Waals surface area contributed by atoms with Crippen molar-refractivity contribution in [3.8, 4) is 56.1 Å². The number of hydrogen-bond acceptors (Lipinski definition) is 4. The van der Waals surface area contributed by atoms with Gasteiger partial charge in [0.05, 0.1) is 22.1 Å². The molecule has 0 aliphatic carbocycles. The molecule has 350 valence electrons. The summed E-state index contributed by atoms with van der Waals surface area (Å²) in [5.74, 6) is 0.659. The normalized spacial score (nSPS) is 11.4. The second-order valence-corrected chi connectivity index (χ2v) is 17.6. The fourth-order valence-electron chi connectivity index (χ4n) is 9.86. The summed E-state index contributed by atoms with van der Waals surface area (Å²) in [6, 6.07) is 67.4. The Kier molecular flexibility index (Phi) is 12.8. The van der Waals surface area contributed by atoms with E-state index < -0.39 is 0 Å². The maximum absolute atomic E-state index is 6.44. The van der Waals surface area contributed by atoms with Gasteiger partial charge in [0.1, 0.15) is 11.2 Å². The second-order valence-electron chi connectivity index (χ2n) is 17.6. The quantitative estimate of drug-likeness (QED) is 0.142. The lowest BCUT2D eigenvalue weighted by Crippen LogP contribution is -1.94. The molecule has 0 radical (unpaired) electrons. The van der Waals surface area contributed by atoms with Crippen LogP contribution >= 0.6 is 0 Å². The lowest BCUT2D eigenvalue weighted by molar-refractivity contribution is 0.669. The van der Waals surface area contributed by atoms with Gasteiger partial charge in [-0.05, 0) is 133 Å². The van der Waals surface area contributed by atoms with Gasteiger partial charge in [-0.3, -0.25) is 4.98 Å². The van der Waals surface area contributed by atoms with E-state index in [4.69, 9.17) is 4.42 Å². The van der Waals surface area contributed by atoms with Crippen molar-refractivity contribution in [1.82, 2.24) is 24.1 Å². The fraction of sp³-hybridized carbons (Fsp3) is 0.0299. The Morgan fingerprint density at radius 1 is 0.384 bits per heavy atom. The number of fused-ring (bicyclic) bond motifs is 9. The number of furan rings is 1. The first-order valence-corrected chi connectivity index (χ1v) is 24.4. The largest absolute Gasteiger partial charge is 0.456 e. The van der Waals surface area contributed by atoms with Gasteiger partial charge in [-0.1, -0.05) is 147 Å². The molecule has 6 nitrogen and oxygen atoms in total. The van der Waals surface area contributed by atoms with Gasteiger partial charge in [0.25, 0.3) is 0 Å². The maximum atomic E-state index is 6.44. The zero-order valence-corrected chi connectivity index (χ0v) is 40.7. The molecular formula is C67H51N5O. The minimum absolute atomic E-state index is 0.659. The van der Waals surface area contributed by atoms with Crippen LogP contribution < -0.4 is 0 Å². The molecule has 0 saturated carbocycles. The van der Waals surface area contributed by atoms with Crippen LogP contribution in [-0.4, -0.2) is 24.1 Å². The monoisotopic (exact) mass is 941 g/mol. The Bertz CT molecular complexity index is 4160. The maximum Gasteiger partial charge on any atom is 0.160 e. The Balaban J connectivity index is 0.000000527. The molecule has 0 amide bonds. The number of pyridine rings is 1. The number of para-hydroxylation sites is 3. The molecule has 5 heterocycles. The molecule has 0 spiro atoms. The highest BCUT2D eigenvalue weighted by atomic mass is 16.3. The van der Waals surface area contributed by atoms with Crippen LogP contribution in [0.1, 0.15) is 13.8 Å². The first-order chi connectivity index (χ1) is 36.0. The highest BCUT2D eigenvalue weighted by Gasteiger charge is 2.17. The van der Waals surface area contributed by atoms with Crippen LogP contribution in [0.25, 0.3) is 122 Å². The Morgan fingerprint density at radius 3 is 1.33 bits per heavy atom. The average molecular weight is 942 g/mol. The zero-order valence-electron chi connectivity index (χ0n) is 40.7. The summed E-state index contributed by atoms with van der Waals surface area (Å²) in [6.45, 7) is 10.8. The minimum atomic E-state index is 0.659. The van der Waals surface area contributed by atoms with Crippen molar-refractivity contribution < 1.29 is 4.42 Å². The van der Waals surface area contributed by atoms with Crippen molar-refractivity contribution in [2.24, 2.45) is 0 Å². The van der Waals surface area contributed by atoms with Gasteiger partial charge in [-0.15, -0.1) is 0 Å². The third kappa shape index (κ3) is 8.83. The molecule has 0 aliphatic rings. The predicted octanol–water partition coefficient (Wildman–Crippen LogP) is 18.1. The molecule has 13 aromatic rings. The van der Waals surface area contributed by atoms with E-state index in [1.165, 1.54) is 32.6 Å². The number of benzene rings is 8. The van der Waals surface area contributed by atoms with E-state index in [-0.39, 0.29) is 0 Å². The van der Waals surface area contributed by atoms with Gasteiger partial charge in [-0.25, -0.2) is 9.97 Å². The summed E-state index contributed by atoms with van der Waals surface area (Å²) >= 11 is 0. The van der Waals surface area contributed by atoms with Crippen LogP contribution in [0, 0.1) is 0 Å². The standard InChI is InChI=1S/C57H35N5O.2C5H8/c1-4-17-51-45(14-1)46-15-2-5-18-52(46)61(51)43-12-7-10-36(29-43)38-21-24-55-49(32-38)50-33-39(22-25-56(50)63-55)37-11-8-13-44(30-37)62-53-19-6-3-16-47(53)48-31-40(20-23-54(48)62)41-28-42(35-58-34-41)57-59-26-9-27-60-57;2*1-3-5-4-2/h1-35H;2*3-5H,1H2,2H3/b;2*5-4-. The average Bonchev–Trinajstić information content (AvgIpc) is 4.11. The third-order valence-corrected chi connectivity index (χ3v) is 13.1. The van der Waals surface area contributed by atoms with Gasteiger partial charge >= 0.3 is 0 Å². The van der Waals surface area contributed by atoms with Crippen LogP contribution in [0.15, 0.2) is 267 Å². The van der Waals surface area contributed by atoms with Crippen molar-refractivity contribution in [2.75, 3.05) is 0 Å². The SMILES string of the molecule is C=C/C=C\C.C=C/C=C\C.c1cnc(-c2cncc(-c3ccc4c(c3)c3ccccc3n4-c3cccc(-c4ccc5oc6ccc(-c7cccc(-n8c9ccccc9c9ccccc98)c7)cc6c5c4)c3)c2)nc1. The van der Waals surface area contributed by atoms with Crippen LogP contribution in [0.4, 0.5) is 0 Å². The summed E-state index contributed by atoms with van der Waals surface area (Å²) in [5, 5.41) is 7.07. The van der Waals surface area contributed by atoms with Crippen molar-refractivity contribution in [3.63, 3.8) is 0 Å². The van der Waals surface area contributed by atoms with Crippen LogP contribution in [-0.2, 0) is 0 Å². The highest BCUT2D eigenvalue weighted by Crippen LogP contribution is 2.39. The fourth-order valence-corrected chi connectivity index (χ4v) is 9.86. The van der Waals surface area contributed by atoms with Crippen molar-refractivity contribution in [3.05, 3.63) is 262 Å². The molecule has 5 aromatic heterocycles. The van der Waals surface area contributed by atoms with Gasteiger partial charge in [-0.2, -0.15) is 0 Å². The Hall–Kier alpha value is -9.65. The van der Waals surface area contributed by atoms with Crippen molar-refractivity contribution in [2.45, 2.75) is 13.8 Å². The first-order valence-electron chi connectivity index (χ1n) is 24.4. The van der Waals surface area contributed by atoms with E-state index in [1.54, 1.807) is 24.5 Å². The Labute approximate surface area is 424 Å². The van der Waals surface area contributed by atoms with Gasteiger partial charge in [0, 0.05) is 79.6 Å². The number of allylic oxidation sites excluding steroid dienone is 6. The van der Waals surface area contributed by atoms with E-state index in [0.717, 1.165) is 83.3 Å². The number of rotatable bonds is 8. The first kappa shape index (κ1) is 45.8. The minimum Gasteiger partial charge on any atom is -0.456 e. The molecule has 73 heavy (non-hydrogen) atoms. The molecule has 0 saturated heterocycles. The molecule has 0 bridgehead atoms. The molecule has 6 heteroatoms. The smallest absolute Gasteiger partial charge is 0.160 e. The van der Waals surface area contributed by atoms with E-state index >= 15 is 0 Å². The topological polar surface area (TPSA) is 61.7 Å². The molecule has 0 unspecified atom stereocenters. The summed E-state index contributed by atoms with van der Waals surface area (Å²) in [6.07, 6.45) is 18.4. The van der Waals surface area contributed by atoms with Gasteiger partial charge in [0.15, 0.2) is 5.82 Å². The molecule has 0 N–H and O–H groups in total. The van der Waals surface area contributed by atoms with Crippen LogP contribution in [0.3, 0.4) is 0 Å². The third-order valence-electron chi connectivity index (χ3n) is 13.1. The zero-order chi connectivity index (χ0) is 49.7. The summed E-state index contributed by atoms with van der Waals surface area (Å²) in [4.78, 5) is 13.4. The van der Waals surface area contributed by atoms with E-state index in [2.05, 4.69) is 219 Å². The summed E-state index contributed by atoms with van der Waals surface area (Å²) in [5.41, 5.74) is 16.2. The van der Waals surface area contributed by atoms with E-state index in [1.807, 2.05) is 56.6 Å². The number of aromatic nitrogens is 5. The molecule has 0 fully saturated rings. The number of hydrogen-bond donors (Lipinski definition) is 0. The summed E-state index contributed by atoms with van der Waals surface area (Å²) in [7, 11) is 0. The van der Waals surface area contributed by atoms with Crippen LogP contribution in [0.2, 0.25) is 0 Å². The van der Waals surface area contributed by atoms with Gasteiger partial charge in [0.2, 0.25) is 0 Å². The molecule has 0 atom stereocenters. The van der Waals surface area contributed by atoms with Gasteiger partial charge < -0.3 is 13.6 Å². The van der Waals surface area contributed by atoms with Crippen molar-refractivity contribution >= 4 is 65.6 Å². The lowest BCUT2D eigenvalue weighted by Gasteiger charge is -2.11. The highest BCUT2D eigenvalue weighted by molar-refractivity contribution is 6.12. The number of nitrogens with zero attached hydrogens (tertiary/aromatic N) is 5. The predicted molar refractivity (Wildman–Crippen MR) is 308 cm³/mol. The lowest BCUT2D eigenvalue weighted by atomic mass is 9.99. The molecule has 8 aromatic carbocycles. The van der Waals surface area contributed by atoms with E-state index in [9.17, 15) is 0 Å². The van der Waals surface area contributed by atoms with Crippen LogP contribution in [0.5, 0.6) is 0 Å². The molecule has 13 rings (SSSR count). The Morgan fingerprint density at radius 2 is 0.822 bits per heavy atom. The van der Waals surface area contributed by atoms with Crippen molar-refractivity contribution in [1.29, 1.82) is 0 Å². The molecule has 0 aliphatic heterocycles. The molecular weight excluding hydrogens is 891 g/mol. The summed E-state index contributed by atoms with van der Waals surface area (Å²) < 4.78 is 11.2. The second kappa shape index (κ2) is 20.4. The van der Waals surface area contributed by atoms with E-state index in [0.29, 0.717) is 5.82 Å².